The maximum Gasteiger partial charge on any atom is 0.310 e. The fourth-order valence-electron chi connectivity index (χ4n) is 2.42. The number of esters is 1. The van der Waals surface area contributed by atoms with Crippen LogP contribution in [0.5, 0.6) is 5.75 Å². The molecule has 0 aliphatic carbocycles. The van der Waals surface area contributed by atoms with Crippen molar-refractivity contribution in [1.82, 2.24) is 4.72 Å². The van der Waals surface area contributed by atoms with Crippen LogP contribution in [0.3, 0.4) is 0 Å². The second-order valence-electron chi connectivity index (χ2n) is 5.93. The maximum atomic E-state index is 12.0. The van der Waals surface area contributed by atoms with Crippen LogP contribution in [0.15, 0.2) is 47.4 Å². The number of benzene rings is 2. The zero-order chi connectivity index (χ0) is 20.7. The number of carbonyl (C=O) groups excluding carboxylic acids is 2. The van der Waals surface area contributed by atoms with Crippen molar-refractivity contribution in [2.75, 3.05) is 26.1 Å². The second kappa shape index (κ2) is 9.34. The third-order valence-corrected chi connectivity index (χ3v) is 5.43. The summed E-state index contributed by atoms with van der Waals surface area (Å²) in [5.74, 6) is -0.517. The number of rotatable bonds is 8. The van der Waals surface area contributed by atoms with E-state index in [1.54, 1.807) is 43.3 Å². The molecule has 0 aromatic heterocycles. The minimum absolute atomic E-state index is 0.000424. The molecule has 0 bridgehead atoms. The van der Waals surface area contributed by atoms with Crippen LogP contribution in [0.4, 0.5) is 5.69 Å². The largest absolute Gasteiger partial charge is 0.497 e. The van der Waals surface area contributed by atoms with Gasteiger partial charge in [-0.25, -0.2) is 13.1 Å². The number of carbonyl (C=O) groups is 2. The quantitative estimate of drug-likeness (QED) is 0.645. The SMILES string of the molecule is CNS(=O)(=O)c1cc(NC(=O)COC(=O)Cc2cccc(OC)c2)ccc1C. The first-order valence-corrected chi connectivity index (χ1v) is 9.86. The Morgan fingerprint density at radius 3 is 2.54 bits per heavy atom. The van der Waals surface area contributed by atoms with Gasteiger partial charge in [0.25, 0.3) is 5.91 Å². The lowest BCUT2D eigenvalue weighted by Gasteiger charge is -2.11. The van der Waals surface area contributed by atoms with Crippen molar-refractivity contribution in [3.8, 4) is 5.75 Å². The molecule has 0 radical (unpaired) electrons. The predicted molar refractivity (Wildman–Crippen MR) is 104 cm³/mol. The molecular formula is C19H22N2O6S. The highest BCUT2D eigenvalue weighted by Crippen LogP contribution is 2.20. The van der Waals surface area contributed by atoms with Crippen LogP contribution in [-0.2, 0) is 30.8 Å². The Balaban J connectivity index is 1.93. The zero-order valence-electron chi connectivity index (χ0n) is 15.8. The van der Waals surface area contributed by atoms with Crippen molar-refractivity contribution in [2.45, 2.75) is 18.2 Å². The topological polar surface area (TPSA) is 111 Å². The molecule has 2 rings (SSSR count). The van der Waals surface area contributed by atoms with Gasteiger partial charge < -0.3 is 14.8 Å². The summed E-state index contributed by atoms with van der Waals surface area (Å²) < 4.78 is 36.3. The van der Waals surface area contributed by atoms with Crippen LogP contribution < -0.4 is 14.8 Å². The van der Waals surface area contributed by atoms with Gasteiger partial charge in [0, 0.05) is 5.69 Å². The molecule has 0 aliphatic heterocycles. The van der Waals surface area contributed by atoms with Crippen molar-refractivity contribution in [3.63, 3.8) is 0 Å². The molecular weight excluding hydrogens is 384 g/mol. The molecule has 8 nitrogen and oxygen atoms in total. The Bertz CT molecular complexity index is 972. The van der Waals surface area contributed by atoms with E-state index in [1.165, 1.54) is 20.2 Å². The van der Waals surface area contributed by atoms with E-state index in [4.69, 9.17) is 9.47 Å². The third kappa shape index (κ3) is 5.80. The van der Waals surface area contributed by atoms with Gasteiger partial charge in [-0.1, -0.05) is 18.2 Å². The first-order valence-electron chi connectivity index (χ1n) is 8.38. The fraction of sp³-hybridized carbons (Fsp3) is 0.263. The summed E-state index contributed by atoms with van der Waals surface area (Å²) in [5, 5.41) is 2.51. The van der Waals surface area contributed by atoms with Crippen molar-refractivity contribution >= 4 is 27.6 Å². The highest BCUT2D eigenvalue weighted by Gasteiger charge is 2.16. The number of nitrogens with one attached hydrogen (secondary N) is 2. The molecule has 0 heterocycles. The van der Waals surface area contributed by atoms with Crippen LogP contribution in [-0.4, -0.2) is 41.1 Å². The van der Waals surface area contributed by atoms with E-state index in [0.29, 0.717) is 16.9 Å². The van der Waals surface area contributed by atoms with Crippen molar-refractivity contribution < 1.29 is 27.5 Å². The van der Waals surface area contributed by atoms with Gasteiger partial charge >= 0.3 is 5.97 Å². The molecule has 150 valence electrons. The van der Waals surface area contributed by atoms with Crippen LogP contribution in [0.25, 0.3) is 0 Å². The molecule has 0 fully saturated rings. The van der Waals surface area contributed by atoms with E-state index in [9.17, 15) is 18.0 Å². The van der Waals surface area contributed by atoms with Crippen LogP contribution in [0.2, 0.25) is 0 Å². The van der Waals surface area contributed by atoms with Crippen LogP contribution >= 0.6 is 0 Å². The molecule has 2 aromatic rings. The fourth-order valence-corrected chi connectivity index (χ4v) is 3.41. The molecule has 2 aromatic carbocycles. The highest BCUT2D eigenvalue weighted by molar-refractivity contribution is 7.89. The number of anilines is 1. The zero-order valence-corrected chi connectivity index (χ0v) is 16.6. The number of sulfonamides is 1. The Kier molecular flexibility index (Phi) is 7.13. The van der Waals surface area contributed by atoms with Gasteiger partial charge in [0.1, 0.15) is 5.75 Å². The number of amides is 1. The predicted octanol–water partition coefficient (Wildman–Crippen LogP) is 1.64. The van der Waals surface area contributed by atoms with Gasteiger partial charge in [0.2, 0.25) is 10.0 Å². The number of ether oxygens (including phenoxy) is 2. The van der Waals surface area contributed by atoms with Gasteiger partial charge in [-0.15, -0.1) is 0 Å². The summed E-state index contributed by atoms with van der Waals surface area (Å²) in [6.07, 6.45) is -0.000424. The lowest BCUT2D eigenvalue weighted by atomic mass is 10.1. The highest BCUT2D eigenvalue weighted by atomic mass is 32.2. The van der Waals surface area contributed by atoms with Crippen molar-refractivity contribution in [3.05, 3.63) is 53.6 Å². The van der Waals surface area contributed by atoms with Crippen molar-refractivity contribution in [2.24, 2.45) is 0 Å². The maximum absolute atomic E-state index is 12.0. The average molecular weight is 406 g/mol. The monoisotopic (exact) mass is 406 g/mol. The summed E-state index contributed by atoms with van der Waals surface area (Å²) in [6, 6.07) is 11.5. The van der Waals surface area contributed by atoms with Gasteiger partial charge in [-0.05, 0) is 49.4 Å². The van der Waals surface area contributed by atoms with Crippen LogP contribution in [0, 0.1) is 6.92 Å². The molecule has 0 aliphatic rings. The molecule has 1 amide bonds. The Morgan fingerprint density at radius 2 is 1.86 bits per heavy atom. The van der Waals surface area contributed by atoms with E-state index in [1.807, 2.05) is 0 Å². The number of methoxy groups -OCH3 is 1. The van der Waals surface area contributed by atoms with Gasteiger partial charge in [0.15, 0.2) is 6.61 Å². The van der Waals surface area contributed by atoms with Gasteiger partial charge in [-0.3, -0.25) is 9.59 Å². The molecule has 0 saturated heterocycles. The van der Waals surface area contributed by atoms with E-state index in [2.05, 4.69) is 10.0 Å². The molecule has 0 unspecified atom stereocenters. The number of hydrogen-bond acceptors (Lipinski definition) is 6. The Labute approximate surface area is 163 Å². The normalized spacial score (nSPS) is 11.0. The summed E-state index contributed by atoms with van der Waals surface area (Å²) in [7, 11) is -0.815. The lowest BCUT2D eigenvalue weighted by Crippen LogP contribution is -2.23. The van der Waals surface area contributed by atoms with E-state index in [0.717, 1.165) is 0 Å². The first-order chi connectivity index (χ1) is 13.2. The molecule has 9 heteroatoms. The average Bonchev–Trinajstić information content (AvgIpc) is 2.68. The Hall–Kier alpha value is -2.91. The molecule has 2 N–H and O–H groups in total. The summed E-state index contributed by atoms with van der Waals surface area (Å²) in [6.45, 7) is 1.17. The van der Waals surface area contributed by atoms with Gasteiger partial charge in [-0.2, -0.15) is 0 Å². The summed E-state index contributed by atoms with van der Waals surface area (Å²) in [5.41, 5.74) is 1.52. The third-order valence-electron chi connectivity index (χ3n) is 3.88. The van der Waals surface area contributed by atoms with Crippen LogP contribution in [0.1, 0.15) is 11.1 Å². The van der Waals surface area contributed by atoms with Crippen molar-refractivity contribution in [1.29, 1.82) is 0 Å². The van der Waals surface area contributed by atoms with E-state index >= 15 is 0 Å². The number of aryl methyl sites for hydroxylation is 1. The minimum atomic E-state index is -3.65. The number of hydrogen-bond donors (Lipinski definition) is 2. The first kappa shape index (κ1) is 21.4. The lowest BCUT2D eigenvalue weighted by molar-refractivity contribution is -0.146. The van der Waals surface area contributed by atoms with E-state index < -0.39 is 28.5 Å². The smallest absolute Gasteiger partial charge is 0.310 e. The molecule has 28 heavy (non-hydrogen) atoms. The summed E-state index contributed by atoms with van der Waals surface area (Å²) >= 11 is 0. The molecule has 0 saturated carbocycles. The minimum Gasteiger partial charge on any atom is -0.497 e. The Morgan fingerprint density at radius 1 is 1.11 bits per heavy atom. The molecule has 0 spiro atoms. The standard InChI is InChI=1S/C19H22N2O6S/c1-13-7-8-15(11-17(13)28(24,25)20-2)21-18(22)12-27-19(23)10-14-5-4-6-16(9-14)26-3/h4-9,11,20H,10,12H2,1-3H3,(H,21,22). The van der Waals surface area contributed by atoms with Gasteiger partial charge in [0.05, 0.1) is 18.4 Å². The summed E-state index contributed by atoms with van der Waals surface area (Å²) in [4.78, 5) is 24.0. The van der Waals surface area contributed by atoms with E-state index in [-0.39, 0.29) is 17.0 Å². The molecule has 0 atom stereocenters. The second-order valence-corrected chi connectivity index (χ2v) is 7.78.